The van der Waals surface area contributed by atoms with Crippen molar-refractivity contribution in [3.05, 3.63) is 0 Å². The average Bonchev–Trinajstić information content (AvgIpc) is 2.22. The van der Waals surface area contributed by atoms with E-state index in [-0.39, 0.29) is 0 Å². The third-order valence-electron chi connectivity index (χ3n) is 2.38. The standard InChI is InChI=1S/C13H29NOS/c1-5-15-9-6-8-14-11-13(4)16-10-7-12(2)3/h12-14H,5-11H2,1-4H3. The molecule has 1 atom stereocenters. The van der Waals surface area contributed by atoms with Crippen molar-refractivity contribution in [3.8, 4) is 0 Å². The molecule has 0 rings (SSSR count). The molecule has 0 radical (unpaired) electrons. The lowest BCUT2D eigenvalue weighted by atomic mass is 10.2. The third-order valence-corrected chi connectivity index (χ3v) is 3.58. The predicted octanol–water partition coefficient (Wildman–Crippen LogP) is 3.17. The molecule has 98 valence electrons. The molecule has 0 saturated carbocycles. The molecule has 0 aliphatic rings. The second kappa shape index (κ2) is 11.7. The Labute approximate surface area is 106 Å². The number of nitrogens with one attached hydrogen (secondary N) is 1. The summed E-state index contributed by atoms with van der Waals surface area (Å²) in [5, 5.41) is 4.21. The molecule has 0 spiro atoms. The van der Waals surface area contributed by atoms with E-state index in [4.69, 9.17) is 4.74 Å². The van der Waals surface area contributed by atoms with Gasteiger partial charge >= 0.3 is 0 Å². The van der Waals surface area contributed by atoms with Crippen LogP contribution in [0, 0.1) is 5.92 Å². The Hall–Kier alpha value is 0.270. The van der Waals surface area contributed by atoms with Crippen LogP contribution in [0.15, 0.2) is 0 Å². The number of ether oxygens (including phenoxy) is 1. The maximum Gasteiger partial charge on any atom is 0.0477 e. The fourth-order valence-electron chi connectivity index (χ4n) is 1.31. The number of hydrogen-bond donors (Lipinski definition) is 1. The number of rotatable bonds is 11. The first kappa shape index (κ1) is 16.3. The topological polar surface area (TPSA) is 21.3 Å². The van der Waals surface area contributed by atoms with Gasteiger partial charge in [0.2, 0.25) is 0 Å². The second-order valence-corrected chi connectivity index (χ2v) is 6.16. The SMILES string of the molecule is CCOCCCNCC(C)SCCC(C)C. The van der Waals surface area contributed by atoms with Crippen molar-refractivity contribution in [3.63, 3.8) is 0 Å². The summed E-state index contributed by atoms with van der Waals surface area (Å²) in [6.07, 6.45) is 2.45. The van der Waals surface area contributed by atoms with Gasteiger partial charge in [0.1, 0.15) is 0 Å². The van der Waals surface area contributed by atoms with Crippen molar-refractivity contribution >= 4 is 11.8 Å². The van der Waals surface area contributed by atoms with Gasteiger partial charge in [-0.3, -0.25) is 0 Å². The maximum absolute atomic E-state index is 5.29. The molecule has 0 heterocycles. The van der Waals surface area contributed by atoms with Crippen LogP contribution in [0.2, 0.25) is 0 Å². The highest BCUT2D eigenvalue weighted by atomic mass is 32.2. The van der Waals surface area contributed by atoms with E-state index in [1.807, 2.05) is 6.92 Å². The van der Waals surface area contributed by atoms with Crippen LogP contribution in [0.25, 0.3) is 0 Å². The first-order valence-electron chi connectivity index (χ1n) is 6.56. The van der Waals surface area contributed by atoms with Crippen molar-refractivity contribution in [2.24, 2.45) is 5.92 Å². The van der Waals surface area contributed by atoms with Gasteiger partial charge in [0.25, 0.3) is 0 Å². The highest BCUT2D eigenvalue weighted by Crippen LogP contribution is 2.13. The number of thioether (sulfide) groups is 1. The van der Waals surface area contributed by atoms with Crippen LogP contribution in [0.3, 0.4) is 0 Å². The van der Waals surface area contributed by atoms with Gasteiger partial charge in [-0.2, -0.15) is 11.8 Å². The summed E-state index contributed by atoms with van der Waals surface area (Å²) in [7, 11) is 0. The Kier molecular flexibility index (Phi) is 11.9. The predicted molar refractivity (Wildman–Crippen MR) is 75.4 cm³/mol. The minimum Gasteiger partial charge on any atom is -0.382 e. The van der Waals surface area contributed by atoms with Gasteiger partial charge in [-0.05, 0) is 38.0 Å². The molecule has 0 bridgehead atoms. The molecule has 16 heavy (non-hydrogen) atoms. The summed E-state index contributed by atoms with van der Waals surface area (Å²) in [6.45, 7) is 12.8. The number of hydrogen-bond acceptors (Lipinski definition) is 3. The van der Waals surface area contributed by atoms with Crippen LogP contribution in [0.1, 0.15) is 40.5 Å². The van der Waals surface area contributed by atoms with Crippen molar-refractivity contribution in [1.29, 1.82) is 0 Å². The van der Waals surface area contributed by atoms with E-state index in [9.17, 15) is 0 Å². The highest BCUT2D eigenvalue weighted by molar-refractivity contribution is 7.99. The molecular weight excluding hydrogens is 218 g/mol. The molecule has 0 aliphatic heterocycles. The lowest BCUT2D eigenvalue weighted by molar-refractivity contribution is 0.145. The maximum atomic E-state index is 5.29. The zero-order valence-corrected chi connectivity index (χ0v) is 12.2. The molecule has 3 heteroatoms. The summed E-state index contributed by atoms with van der Waals surface area (Å²) >= 11 is 2.08. The molecule has 0 aliphatic carbocycles. The van der Waals surface area contributed by atoms with E-state index >= 15 is 0 Å². The normalized spacial score (nSPS) is 13.3. The monoisotopic (exact) mass is 247 g/mol. The van der Waals surface area contributed by atoms with E-state index in [1.54, 1.807) is 0 Å². The fraction of sp³-hybridized carbons (Fsp3) is 1.00. The fourth-order valence-corrected chi connectivity index (χ4v) is 2.56. The van der Waals surface area contributed by atoms with Crippen molar-refractivity contribution in [2.45, 2.75) is 45.8 Å². The Balaban J connectivity index is 3.14. The molecule has 1 unspecified atom stereocenters. The largest absolute Gasteiger partial charge is 0.382 e. The van der Waals surface area contributed by atoms with Gasteiger partial charge in [-0.1, -0.05) is 20.8 Å². The summed E-state index contributed by atoms with van der Waals surface area (Å²) in [4.78, 5) is 0. The Bertz CT molecular complexity index is 142. The van der Waals surface area contributed by atoms with Crippen molar-refractivity contribution in [1.82, 2.24) is 5.32 Å². The van der Waals surface area contributed by atoms with E-state index < -0.39 is 0 Å². The average molecular weight is 247 g/mol. The highest BCUT2D eigenvalue weighted by Gasteiger charge is 2.02. The van der Waals surface area contributed by atoms with Crippen LogP contribution in [0.5, 0.6) is 0 Å². The van der Waals surface area contributed by atoms with Gasteiger partial charge in [-0.15, -0.1) is 0 Å². The van der Waals surface area contributed by atoms with Crippen LogP contribution >= 0.6 is 11.8 Å². The molecule has 0 aromatic heterocycles. The van der Waals surface area contributed by atoms with E-state index in [1.165, 1.54) is 12.2 Å². The van der Waals surface area contributed by atoms with Crippen LogP contribution in [-0.2, 0) is 4.74 Å². The summed E-state index contributed by atoms with van der Waals surface area (Å²) in [5.41, 5.74) is 0. The molecule has 0 aromatic rings. The van der Waals surface area contributed by atoms with Gasteiger partial charge in [0.15, 0.2) is 0 Å². The van der Waals surface area contributed by atoms with Crippen LogP contribution in [0.4, 0.5) is 0 Å². The summed E-state index contributed by atoms with van der Waals surface area (Å²) < 4.78 is 5.29. The minimum atomic E-state index is 0.728. The molecule has 2 nitrogen and oxygen atoms in total. The van der Waals surface area contributed by atoms with Gasteiger partial charge in [0.05, 0.1) is 0 Å². The van der Waals surface area contributed by atoms with Gasteiger partial charge < -0.3 is 10.1 Å². The smallest absolute Gasteiger partial charge is 0.0477 e. The minimum absolute atomic E-state index is 0.728. The van der Waals surface area contributed by atoms with Crippen LogP contribution < -0.4 is 5.32 Å². The molecule has 0 saturated heterocycles. The molecule has 0 aromatic carbocycles. The summed E-state index contributed by atoms with van der Waals surface area (Å²) in [6, 6.07) is 0. The quantitative estimate of drug-likeness (QED) is 0.567. The lowest BCUT2D eigenvalue weighted by Crippen LogP contribution is -2.24. The molecular formula is C13H29NOS. The third kappa shape index (κ3) is 12.3. The molecule has 0 amide bonds. The van der Waals surface area contributed by atoms with Crippen LogP contribution in [-0.4, -0.2) is 37.3 Å². The first-order valence-corrected chi connectivity index (χ1v) is 7.61. The first-order chi connectivity index (χ1) is 7.66. The van der Waals surface area contributed by atoms with E-state index in [0.717, 1.165) is 43.9 Å². The van der Waals surface area contributed by atoms with E-state index in [2.05, 4.69) is 37.8 Å². The van der Waals surface area contributed by atoms with E-state index in [0.29, 0.717) is 0 Å². The van der Waals surface area contributed by atoms with Gasteiger partial charge in [0, 0.05) is 25.0 Å². The molecule has 0 fully saturated rings. The Morgan fingerprint density at radius 2 is 2.00 bits per heavy atom. The lowest BCUT2D eigenvalue weighted by Gasteiger charge is -2.13. The zero-order valence-electron chi connectivity index (χ0n) is 11.4. The van der Waals surface area contributed by atoms with Crippen molar-refractivity contribution < 1.29 is 4.74 Å². The second-order valence-electron chi connectivity index (χ2n) is 4.62. The van der Waals surface area contributed by atoms with Gasteiger partial charge in [-0.25, -0.2) is 0 Å². The van der Waals surface area contributed by atoms with Crippen molar-refractivity contribution in [2.75, 3.05) is 32.1 Å². The summed E-state index contributed by atoms with van der Waals surface area (Å²) in [5.74, 6) is 2.12. The molecule has 1 N–H and O–H groups in total. The Morgan fingerprint density at radius 3 is 2.62 bits per heavy atom. The zero-order chi connectivity index (χ0) is 12.2. The Morgan fingerprint density at radius 1 is 1.25 bits per heavy atom.